The fourth-order valence-corrected chi connectivity index (χ4v) is 4.75. The Labute approximate surface area is 236 Å². The third-order valence-corrected chi connectivity index (χ3v) is 7.22. The predicted octanol–water partition coefficient (Wildman–Crippen LogP) is 12.5. The Morgan fingerprint density at radius 3 is 0.622 bits per heavy atom. The van der Waals surface area contributed by atoms with Gasteiger partial charge in [0.15, 0.2) is 0 Å². The van der Waals surface area contributed by atoms with E-state index in [4.69, 9.17) is 9.90 Å². The fourth-order valence-electron chi connectivity index (χ4n) is 4.75. The number of hydrogen-bond acceptors (Lipinski definition) is 2. The number of aliphatic hydroxyl groups excluding tert-OH is 1. The van der Waals surface area contributed by atoms with Gasteiger partial charge >= 0.3 is 0 Å². The van der Waals surface area contributed by atoms with Crippen LogP contribution in [0.5, 0.6) is 0 Å². The number of aliphatic hydroxyl groups is 1. The summed E-state index contributed by atoms with van der Waals surface area (Å²) in [5, 5.41) is 8.64. The molecule has 0 aromatic heterocycles. The zero-order valence-corrected chi connectivity index (χ0v) is 26.6. The van der Waals surface area contributed by atoms with Gasteiger partial charge in [-0.25, -0.2) is 0 Å². The molecule has 0 bridgehead atoms. The van der Waals surface area contributed by atoms with Crippen LogP contribution in [0, 0.1) is 0 Å². The first-order chi connectivity index (χ1) is 18.2. The summed E-state index contributed by atoms with van der Waals surface area (Å²) in [5.41, 5.74) is 0. The average Bonchev–Trinajstić information content (AvgIpc) is 2.90. The van der Waals surface area contributed by atoms with Crippen LogP contribution in [0.3, 0.4) is 0 Å². The average molecular weight is 527 g/mol. The number of unbranched alkanes of at least 4 members (excludes halogenated alkanes) is 27. The molecule has 0 atom stereocenters. The van der Waals surface area contributed by atoms with Crippen LogP contribution in [0.25, 0.3) is 0 Å². The zero-order chi connectivity index (χ0) is 27.9. The molecule has 1 N–H and O–H groups in total. The molecule has 37 heavy (non-hydrogen) atoms. The summed E-state index contributed by atoms with van der Waals surface area (Å²) in [6.07, 6.45) is 41.9. The molecule has 0 amide bonds. The van der Waals surface area contributed by atoms with Crippen LogP contribution in [-0.2, 0) is 4.79 Å². The Hall–Kier alpha value is -0.370. The minimum atomic E-state index is 0.373. The molecule has 0 aliphatic heterocycles. The molecule has 0 saturated carbocycles. The Morgan fingerprint density at radius 2 is 0.486 bits per heavy atom. The summed E-state index contributed by atoms with van der Waals surface area (Å²) in [7, 11) is 0. The molecule has 0 aliphatic rings. The standard InChI is InChI=1S/C17H36.C16H34O.C2H4O/c1-3-5-7-9-11-13-15-17-16-14-12-10-8-6-4-2;1-2-3-4-5-6-7-8-9-10-11-12-13-14-15-16-17;1-2-3/h3-17H2,1-2H3;17H,2-16H2,1H3;2H,1H3. The van der Waals surface area contributed by atoms with Gasteiger partial charge < -0.3 is 9.90 Å². The van der Waals surface area contributed by atoms with Crippen molar-refractivity contribution in [1.82, 2.24) is 0 Å². The van der Waals surface area contributed by atoms with E-state index < -0.39 is 0 Å². The minimum Gasteiger partial charge on any atom is -0.396 e. The first kappa shape index (κ1) is 41.1. The highest BCUT2D eigenvalue weighted by Gasteiger charge is 1.94. The lowest BCUT2D eigenvalue weighted by atomic mass is 10.0. The van der Waals surface area contributed by atoms with Crippen molar-refractivity contribution in [2.24, 2.45) is 0 Å². The van der Waals surface area contributed by atoms with Gasteiger partial charge in [0.2, 0.25) is 0 Å². The van der Waals surface area contributed by atoms with Crippen LogP contribution in [0.4, 0.5) is 0 Å². The molecule has 0 aliphatic carbocycles. The van der Waals surface area contributed by atoms with Crippen molar-refractivity contribution in [1.29, 1.82) is 0 Å². The Bertz CT molecular complexity index is 284. The molecule has 0 saturated heterocycles. The van der Waals surface area contributed by atoms with Gasteiger partial charge in [-0.3, -0.25) is 0 Å². The highest BCUT2D eigenvalue weighted by atomic mass is 16.2. The summed E-state index contributed by atoms with van der Waals surface area (Å²) < 4.78 is 0. The van der Waals surface area contributed by atoms with Crippen LogP contribution >= 0.6 is 0 Å². The third-order valence-electron chi connectivity index (χ3n) is 7.22. The number of carbonyl (C=O) groups is 1. The predicted molar refractivity (Wildman–Crippen MR) is 170 cm³/mol. The van der Waals surface area contributed by atoms with E-state index in [1.165, 1.54) is 187 Å². The van der Waals surface area contributed by atoms with Gasteiger partial charge in [-0.15, -0.1) is 0 Å². The lowest BCUT2D eigenvalue weighted by molar-refractivity contribution is -0.106. The SMILES string of the molecule is CC=O.CCCCCCCCCCCCCCCCC.CCCCCCCCCCCCCCCCO. The lowest BCUT2D eigenvalue weighted by Crippen LogP contribution is -1.84. The van der Waals surface area contributed by atoms with Gasteiger partial charge in [-0.05, 0) is 13.3 Å². The van der Waals surface area contributed by atoms with E-state index in [0.29, 0.717) is 6.61 Å². The van der Waals surface area contributed by atoms with Crippen molar-refractivity contribution < 1.29 is 9.90 Å². The molecule has 0 fully saturated rings. The van der Waals surface area contributed by atoms with Crippen molar-refractivity contribution >= 4 is 6.29 Å². The first-order valence-electron chi connectivity index (χ1n) is 17.3. The maximum Gasteiger partial charge on any atom is 0.116 e. The van der Waals surface area contributed by atoms with Gasteiger partial charge in [-0.1, -0.05) is 201 Å². The van der Waals surface area contributed by atoms with Gasteiger partial charge in [0.05, 0.1) is 0 Å². The second-order valence-electron chi connectivity index (χ2n) is 11.2. The quantitative estimate of drug-likeness (QED) is 0.0812. The summed E-state index contributed by atoms with van der Waals surface area (Å²) >= 11 is 0. The van der Waals surface area contributed by atoms with Crippen molar-refractivity contribution in [3.8, 4) is 0 Å². The zero-order valence-electron chi connectivity index (χ0n) is 26.6. The topological polar surface area (TPSA) is 37.3 Å². The molecule has 226 valence electrons. The first-order valence-corrected chi connectivity index (χ1v) is 17.3. The highest BCUT2D eigenvalue weighted by molar-refractivity contribution is 5.44. The number of hydrogen-bond donors (Lipinski definition) is 1. The van der Waals surface area contributed by atoms with Crippen LogP contribution in [-0.4, -0.2) is 18.0 Å². The van der Waals surface area contributed by atoms with Crippen LogP contribution in [0.15, 0.2) is 0 Å². The van der Waals surface area contributed by atoms with Gasteiger partial charge in [0.1, 0.15) is 6.29 Å². The maximum atomic E-state index is 8.81. The Kier molecular flexibility index (Phi) is 50.6. The minimum absolute atomic E-state index is 0.373. The molecular weight excluding hydrogens is 452 g/mol. The van der Waals surface area contributed by atoms with Crippen LogP contribution < -0.4 is 0 Å². The summed E-state index contributed by atoms with van der Waals surface area (Å²) in [6.45, 7) is 8.68. The monoisotopic (exact) mass is 527 g/mol. The molecule has 0 spiro atoms. The third kappa shape index (κ3) is 52.8. The van der Waals surface area contributed by atoms with E-state index >= 15 is 0 Å². The van der Waals surface area contributed by atoms with E-state index in [2.05, 4.69) is 20.8 Å². The van der Waals surface area contributed by atoms with E-state index in [0.717, 1.165) is 12.7 Å². The molecule has 2 nitrogen and oxygen atoms in total. The lowest BCUT2D eigenvalue weighted by Gasteiger charge is -2.02. The Morgan fingerprint density at radius 1 is 0.351 bits per heavy atom. The van der Waals surface area contributed by atoms with Gasteiger partial charge in [0, 0.05) is 6.61 Å². The number of rotatable bonds is 28. The number of aldehydes is 1. The van der Waals surface area contributed by atoms with Crippen molar-refractivity contribution in [3.05, 3.63) is 0 Å². The van der Waals surface area contributed by atoms with E-state index in [-0.39, 0.29) is 0 Å². The Balaban J connectivity index is -0.000000564. The smallest absolute Gasteiger partial charge is 0.116 e. The molecule has 0 rings (SSSR count). The highest BCUT2D eigenvalue weighted by Crippen LogP contribution is 2.14. The summed E-state index contributed by atoms with van der Waals surface area (Å²) in [6, 6.07) is 0. The van der Waals surface area contributed by atoms with Crippen molar-refractivity contribution in [3.63, 3.8) is 0 Å². The van der Waals surface area contributed by atoms with Gasteiger partial charge in [0.25, 0.3) is 0 Å². The summed E-state index contributed by atoms with van der Waals surface area (Å²) in [5.74, 6) is 0. The molecule has 0 aromatic rings. The second kappa shape index (κ2) is 45.5. The van der Waals surface area contributed by atoms with E-state index in [1.807, 2.05) is 0 Å². The van der Waals surface area contributed by atoms with Crippen molar-refractivity contribution in [2.45, 2.75) is 214 Å². The molecule has 2 heteroatoms. The van der Waals surface area contributed by atoms with Crippen molar-refractivity contribution in [2.75, 3.05) is 6.61 Å². The largest absolute Gasteiger partial charge is 0.396 e. The maximum absolute atomic E-state index is 8.81. The van der Waals surface area contributed by atoms with Crippen LogP contribution in [0.2, 0.25) is 0 Å². The molecular formula is C35H74O2. The van der Waals surface area contributed by atoms with E-state index in [9.17, 15) is 0 Å². The second-order valence-corrected chi connectivity index (χ2v) is 11.2. The number of carbonyl (C=O) groups excluding carboxylic acids is 1. The molecule has 0 aromatic carbocycles. The van der Waals surface area contributed by atoms with E-state index in [1.54, 1.807) is 0 Å². The fraction of sp³-hybridized carbons (Fsp3) is 0.971. The van der Waals surface area contributed by atoms with Crippen LogP contribution in [0.1, 0.15) is 214 Å². The normalized spacial score (nSPS) is 10.4. The molecule has 0 radical (unpaired) electrons. The summed E-state index contributed by atoms with van der Waals surface area (Å²) in [4.78, 5) is 8.81. The molecule has 0 heterocycles. The van der Waals surface area contributed by atoms with Gasteiger partial charge in [-0.2, -0.15) is 0 Å². The molecule has 0 unspecified atom stereocenters.